The Morgan fingerprint density at radius 1 is 1.31 bits per heavy atom. The van der Waals surface area contributed by atoms with Crippen molar-refractivity contribution in [2.75, 3.05) is 13.2 Å². The molecule has 0 amide bonds. The third kappa shape index (κ3) is 2.87. The largest absolute Gasteiger partial charge is 0.508 e. The molecule has 1 saturated heterocycles. The summed E-state index contributed by atoms with van der Waals surface area (Å²) in [5, 5.41) is 0. The molecule has 2 aliphatic rings. The van der Waals surface area contributed by atoms with E-state index in [-0.39, 0.29) is 25.1 Å². The number of hydrogen-bond acceptors (Lipinski definition) is 5. The van der Waals surface area contributed by atoms with Gasteiger partial charge in [-0.05, 0) is 12.8 Å². The highest BCUT2D eigenvalue weighted by atomic mass is 16.8. The summed E-state index contributed by atoms with van der Waals surface area (Å²) in [6, 6.07) is 0. The molecule has 16 heavy (non-hydrogen) atoms. The first kappa shape index (κ1) is 11.2. The summed E-state index contributed by atoms with van der Waals surface area (Å²) in [5.41, 5.74) is 0. The molecule has 5 nitrogen and oxygen atoms in total. The van der Waals surface area contributed by atoms with Gasteiger partial charge in [0.15, 0.2) is 6.10 Å². The van der Waals surface area contributed by atoms with Crippen LogP contribution in [0.1, 0.15) is 32.1 Å². The fourth-order valence-electron chi connectivity index (χ4n) is 2.08. The van der Waals surface area contributed by atoms with E-state index in [2.05, 4.69) is 4.74 Å². The average molecular weight is 228 g/mol. The van der Waals surface area contributed by atoms with Crippen molar-refractivity contribution < 1.29 is 23.8 Å². The Bertz CT molecular complexity index is 270. The van der Waals surface area contributed by atoms with Gasteiger partial charge in [-0.15, -0.1) is 0 Å². The Balaban J connectivity index is 1.68. The topological polar surface area (TPSA) is 61.8 Å². The zero-order valence-electron chi connectivity index (χ0n) is 9.15. The summed E-state index contributed by atoms with van der Waals surface area (Å²) in [7, 11) is 0. The summed E-state index contributed by atoms with van der Waals surface area (Å²) >= 11 is 0. The van der Waals surface area contributed by atoms with Crippen LogP contribution in [-0.4, -0.2) is 31.4 Å². The van der Waals surface area contributed by atoms with Crippen LogP contribution in [0.2, 0.25) is 0 Å². The molecule has 0 N–H and O–H groups in total. The van der Waals surface area contributed by atoms with Crippen molar-refractivity contribution in [3.05, 3.63) is 0 Å². The van der Waals surface area contributed by atoms with E-state index in [1.54, 1.807) is 0 Å². The van der Waals surface area contributed by atoms with E-state index in [1.165, 1.54) is 6.42 Å². The van der Waals surface area contributed by atoms with Crippen LogP contribution in [0.3, 0.4) is 0 Å². The van der Waals surface area contributed by atoms with E-state index >= 15 is 0 Å². The van der Waals surface area contributed by atoms with Gasteiger partial charge < -0.3 is 14.2 Å². The second kappa shape index (κ2) is 5.18. The molecule has 2 rings (SSSR count). The van der Waals surface area contributed by atoms with Crippen LogP contribution in [0.5, 0.6) is 0 Å². The number of esters is 1. The molecule has 0 aromatic heterocycles. The predicted molar refractivity (Wildman–Crippen MR) is 53.8 cm³/mol. The van der Waals surface area contributed by atoms with E-state index in [9.17, 15) is 9.59 Å². The summed E-state index contributed by atoms with van der Waals surface area (Å²) < 4.78 is 14.5. The predicted octanol–water partition coefficient (Wildman–Crippen LogP) is 1.65. The Hall–Kier alpha value is -1.26. The highest BCUT2D eigenvalue weighted by molar-refractivity contribution is 5.72. The summed E-state index contributed by atoms with van der Waals surface area (Å²) in [6.07, 6.45) is 4.12. The molecule has 5 heteroatoms. The number of ether oxygens (including phenoxy) is 3. The summed E-state index contributed by atoms with van der Waals surface area (Å²) in [5.74, 6) is -0.130. The number of carbonyl (C=O) groups excluding carboxylic acids is 2. The van der Waals surface area contributed by atoms with E-state index < -0.39 is 12.3 Å². The van der Waals surface area contributed by atoms with Gasteiger partial charge in [-0.2, -0.15) is 0 Å². The maximum atomic E-state index is 11.6. The zero-order chi connectivity index (χ0) is 11.4. The lowest BCUT2D eigenvalue weighted by Crippen LogP contribution is -2.26. The molecule has 0 aromatic rings. The lowest BCUT2D eigenvalue weighted by Gasteiger charge is -2.20. The fourth-order valence-corrected chi connectivity index (χ4v) is 2.08. The van der Waals surface area contributed by atoms with E-state index in [0.717, 1.165) is 25.7 Å². The average Bonchev–Trinajstić information content (AvgIpc) is 2.73. The van der Waals surface area contributed by atoms with E-state index in [1.807, 2.05) is 0 Å². The smallest absolute Gasteiger partial charge is 0.461 e. The first-order chi connectivity index (χ1) is 7.75. The lowest BCUT2D eigenvalue weighted by molar-refractivity contribution is -0.152. The quantitative estimate of drug-likeness (QED) is 0.687. The molecule has 0 aromatic carbocycles. The SMILES string of the molecule is O=C1OCC(COC(=O)C2CCCCC2)O1. The maximum absolute atomic E-state index is 11.6. The van der Waals surface area contributed by atoms with Gasteiger partial charge in [0.2, 0.25) is 0 Å². The van der Waals surface area contributed by atoms with Crippen LogP contribution in [0, 0.1) is 5.92 Å². The van der Waals surface area contributed by atoms with Gasteiger partial charge in [0.1, 0.15) is 13.2 Å². The third-order valence-corrected chi connectivity index (χ3v) is 3.00. The van der Waals surface area contributed by atoms with Gasteiger partial charge in [-0.1, -0.05) is 19.3 Å². The van der Waals surface area contributed by atoms with Gasteiger partial charge in [-0.25, -0.2) is 4.79 Å². The van der Waals surface area contributed by atoms with Crippen LogP contribution < -0.4 is 0 Å². The number of cyclic esters (lactones) is 2. The summed E-state index contributed by atoms with van der Waals surface area (Å²) in [4.78, 5) is 22.2. The minimum atomic E-state index is -0.682. The highest BCUT2D eigenvalue weighted by Crippen LogP contribution is 2.24. The van der Waals surface area contributed by atoms with Crippen molar-refractivity contribution in [3.8, 4) is 0 Å². The highest BCUT2D eigenvalue weighted by Gasteiger charge is 2.28. The van der Waals surface area contributed by atoms with Crippen LogP contribution in [0.4, 0.5) is 4.79 Å². The number of hydrogen-bond donors (Lipinski definition) is 0. The molecular weight excluding hydrogens is 212 g/mol. The minimum absolute atomic E-state index is 0.0340. The molecule has 0 bridgehead atoms. The number of carbonyl (C=O) groups is 2. The molecule has 90 valence electrons. The van der Waals surface area contributed by atoms with Crippen molar-refractivity contribution in [1.82, 2.24) is 0 Å². The molecule has 1 unspecified atom stereocenters. The standard InChI is InChI=1S/C11H16O5/c12-10(8-4-2-1-3-5-8)14-6-9-7-15-11(13)16-9/h8-9H,1-7H2. The third-order valence-electron chi connectivity index (χ3n) is 3.00. The van der Waals surface area contributed by atoms with Crippen molar-refractivity contribution in [3.63, 3.8) is 0 Å². The molecule has 1 saturated carbocycles. The van der Waals surface area contributed by atoms with Crippen molar-refractivity contribution in [2.45, 2.75) is 38.2 Å². The van der Waals surface area contributed by atoms with Crippen molar-refractivity contribution >= 4 is 12.1 Å². The van der Waals surface area contributed by atoms with Gasteiger partial charge in [0.05, 0.1) is 5.92 Å². The van der Waals surface area contributed by atoms with Crippen LogP contribution in [-0.2, 0) is 19.0 Å². The van der Waals surface area contributed by atoms with Crippen molar-refractivity contribution in [2.24, 2.45) is 5.92 Å². The lowest BCUT2D eigenvalue weighted by atomic mass is 9.89. The van der Waals surface area contributed by atoms with Gasteiger partial charge in [0.25, 0.3) is 0 Å². The first-order valence-corrected chi connectivity index (χ1v) is 5.76. The second-order valence-corrected chi connectivity index (χ2v) is 4.27. The van der Waals surface area contributed by atoms with Crippen LogP contribution in [0.15, 0.2) is 0 Å². The zero-order valence-corrected chi connectivity index (χ0v) is 9.15. The Morgan fingerprint density at radius 2 is 2.06 bits per heavy atom. The first-order valence-electron chi connectivity index (χ1n) is 5.76. The molecule has 1 heterocycles. The molecular formula is C11H16O5. The Kier molecular flexibility index (Phi) is 3.64. The molecule has 1 aliphatic heterocycles. The second-order valence-electron chi connectivity index (χ2n) is 4.27. The molecule has 1 aliphatic carbocycles. The van der Waals surface area contributed by atoms with Crippen LogP contribution >= 0.6 is 0 Å². The Morgan fingerprint density at radius 3 is 2.69 bits per heavy atom. The summed E-state index contributed by atoms with van der Waals surface area (Å²) in [6.45, 7) is 0.290. The van der Waals surface area contributed by atoms with E-state index in [4.69, 9.17) is 9.47 Å². The maximum Gasteiger partial charge on any atom is 0.508 e. The minimum Gasteiger partial charge on any atom is -0.461 e. The number of rotatable bonds is 3. The Labute approximate surface area is 94.0 Å². The van der Waals surface area contributed by atoms with Crippen molar-refractivity contribution in [1.29, 1.82) is 0 Å². The fraction of sp³-hybridized carbons (Fsp3) is 0.818. The molecule has 2 fully saturated rings. The van der Waals surface area contributed by atoms with Gasteiger partial charge in [-0.3, -0.25) is 4.79 Å². The van der Waals surface area contributed by atoms with E-state index in [0.29, 0.717) is 0 Å². The normalized spacial score (nSPS) is 26.0. The van der Waals surface area contributed by atoms with Gasteiger partial charge in [0, 0.05) is 0 Å². The molecule has 0 radical (unpaired) electrons. The monoisotopic (exact) mass is 228 g/mol. The van der Waals surface area contributed by atoms with Gasteiger partial charge >= 0.3 is 12.1 Å². The molecule has 1 atom stereocenters. The van der Waals surface area contributed by atoms with Crippen LogP contribution in [0.25, 0.3) is 0 Å². The molecule has 0 spiro atoms.